The van der Waals surface area contributed by atoms with Crippen molar-refractivity contribution >= 4 is 0 Å². The van der Waals surface area contributed by atoms with E-state index in [4.69, 9.17) is 10.8 Å². The standard InChI is InChI=1S/C11H19N5/c12-5-11-9-6-14-7-10(9)15-16(11)8-1-3-13-4-2-8/h8,13-14H,1-7,12H2. The Balaban J connectivity index is 1.93. The summed E-state index contributed by atoms with van der Waals surface area (Å²) >= 11 is 0. The molecule has 0 unspecified atom stereocenters. The summed E-state index contributed by atoms with van der Waals surface area (Å²) in [6, 6.07) is 0.547. The quantitative estimate of drug-likeness (QED) is 0.651. The molecule has 88 valence electrons. The first-order valence-corrected chi connectivity index (χ1v) is 6.11. The van der Waals surface area contributed by atoms with Crippen molar-refractivity contribution in [2.75, 3.05) is 13.1 Å². The summed E-state index contributed by atoms with van der Waals surface area (Å²) < 4.78 is 2.20. The maximum absolute atomic E-state index is 5.87. The van der Waals surface area contributed by atoms with Crippen LogP contribution in [-0.2, 0) is 19.6 Å². The van der Waals surface area contributed by atoms with Crippen LogP contribution in [0.1, 0.15) is 35.8 Å². The fourth-order valence-corrected chi connectivity index (χ4v) is 2.78. The number of nitrogens with one attached hydrogen (secondary N) is 2. The number of nitrogens with two attached hydrogens (primary N) is 1. The van der Waals surface area contributed by atoms with Crippen molar-refractivity contribution in [1.29, 1.82) is 0 Å². The van der Waals surface area contributed by atoms with Crippen LogP contribution in [0.4, 0.5) is 0 Å². The molecule has 0 saturated carbocycles. The van der Waals surface area contributed by atoms with E-state index in [1.165, 1.54) is 29.8 Å². The average molecular weight is 221 g/mol. The van der Waals surface area contributed by atoms with Crippen LogP contribution >= 0.6 is 0 Å². The molecule has 1 aromatic heterocycles. The van der Waals surface area contributed by atoms with Crippen molar-refractivity contribution < 1.29 is 0 Å². The van der Waals surface area contributed by atoms with Crippen molar-refractivity contribution in [2.24, 2.45) is 5.73 Å². The Morgan fingerprint density at radius 2 is 2.06 bits per heavy atom. The van der Waals surface area contributed by atoms with E-state index in [1.54, 1.807) is 0 Å². The molecule has 5 nitrogen and oxygen atoms in total. The number of hydrogen-bond acceptors (Lipinski definition) is 4. The highest BCUT2D eigenvalue weighted by Gasteiger charge is 2.25. The molecule has 2 aliphatic rings. The third kappa shape index (κ3) is 1.55. The van der Waals surface area contributed by atoms with E-state index in [1.807, 2.05) is 0 Å². The Bertz CT molecular complexity index is 378. The SMILES string of the molecule is NCc1c2c(nn1C1CCNCC1)CNC2. The number of fused-ring (bicyclic) bond motifs is 1. The summed E-state index contributed by atoms with van der Waals surface area (Å²) in [6.07, 6.45) is 2.34. The van der Waals surface area contributed by atoms with Gasteiger partial charge in [-0.1, -0.05) is 0 Å². The van der Waals surface area contributed by atoms with Gasteiger partial charge in [-0.15, -0.1) is 0 Å². The lowest BCUT2D eigenvalue weighted by Crippen LogP contribution is -2.31. The van der Waals surface area contributed by atoms with Crippen LogP contribution in [-0.4, -0.2) is 22.9 Å². The lowest BCUT2D eigenvalue weighted by atomic mass is 10.1. The number of piperidine rings is 1. The molecule has 16 heavy (non-hydrogen) atoms. The van der Waals surface area contributed by atoms with E-state index < -0.39 is 0 Å². The van der Waals surface area contributed by atoms with Gasteiger partial charge in [-0.3, -0.25) is 4.68 Å². The second-order valence-electron chi connectivity index (χ2n) is 4.61. The Morgan fingerprint density at radius 1 is 1.25 bits per heavy atom. The molecule has 1 fully saturated rings. The molecular formula is C11H19N5. The number of hydrogen-bond donors (Lipinski definition) is 3. The minimum absolute atomic E-state index is 0.547. The molecule has 2 aliphatic heterocycles. The highest BCUT2D eigenvalue weighted by molar-refractivity contribution is 5.30. The van der Waals surface area contributed by atoms with E-state index in [9.17, 15) is 0 Å². The predicted octanol–water partition coefficient (Wildman–Crippen LogP) is -0.131. The molecule has 0 atom stereocenters. The highest BCUT2D eigenvalue weighted by atomic mass is 15.3. The molecule has 3 rings (SSSR count). The first-order chi connectivity index (χ1) is 7.90. The molecule has 0 aromatic carbocycles. The smallest absolute Gasteiger partial charge is 0.0811 e. The summed E-state index contributed by atoms with van der Waals surface area (Å²) in [5.74, 6) is 0. The van der Waals surface area contributed by atoms with E-state index in [0.29, 0.717) is 12.6 Å². The maximum Gasteiger partial charge on any atom is 0.0811 e. The van der Waals surface area contributed by atoms with Crippen LogP contribution in [0, 0.1) is 0 Å². The second kappa shape index (κ2) is 4.16. The van der Waals surface area contributed by atoms with Crippen molar-refractivity contribution in [1.82, 2.24) is 20.4 Å². The van der Waals surface area contributed by atoms with E-state index in [2.05, 4.69) is 15.3 Å². The van der Waals surface area contributed by atoms with Gasteiger partial charge in [0.1, 0.15) is 0 Å². The third-order valence-electron chi connectivity index (χ3n) is 3.64. The van der Waals surface area contributed by atoms with Gasteiger partial charge in [0.25, 0.3) is 0 Å². The second-order valence-corrected chi connectivity index (χ2v) is 4.61. The third-order valence-corrected chi connectivity index (χ3v) is 3.64. The predicted molar refractivity (Wildman–Crippen MR) is 61.8 cm³/mol. The first kappa shape index (κ1) is 10.3. The Hall–Kier alpha value is -0.910. The largest absolute Gasteiger partial charge is 0.325 e. The van der Waals surface area contributed by atoms with Gasteiger partial charge in [0.15, 0.2) is 0 Å². The zero-order valence-corrected chi connectivity index (χ0v) is 9.50. The molecule has 0 bridgehead atoms. The van der Waals surface area contributed by atoms with Crippen molar-refractivity contribution in [3.63, 3.8) is 0 Å². The van der Waals surface area contributed by atoms with Gasteiger partial charge < -0.3 is 16.4 Å². The summed E-state index contributed by atoms with van der Waals surface area (Å²) in [5, 5.41) is 11.4. The Labute approximate surface area is 95.4 Å². The molecule has 1 aromatic rings. The van der Waals surface area contributed by atoms with Crippen LogP contribution in [0.5, 0.6) is 0 Å². The van der Waals surface area contributed by atoms with Crippen LogP contribution < -0.4 is 16.4 Å². The van der Waals surface area contributed by atoms with Gasteiger partial charge in [0, 0.05) is 25.2 Å². The number of rotatable bonds is 2. The topological polar surface area (TPSA) is 67.9 Å². The molecular weight excluding hydrogens is 202 g/mol. The fraction of sp³-hybridized carbons (Fsp3) is 0.727. The number of nitrogens with zero attached hydrogens (tertiary/aromatic N) is 2. The molecule has 5 heteroatoms. The van der Waals surface area contributed by atoms with Crippen LogP contribution in [0.2, 0.25) is 0 Å². The molecule has 3 heterocycles. The van der Waals surface area contributed by atoms with Crippen LogP contribution in [0.25, 0.3) is 0 Å². The minimum atomic E-state index is 0.547. The van der Waals surface area contributed by atoms with Gasteiger partial charge in [-0.05, 0) is 25.9 Å². The first-order valence-electron chi connectivity index (χ1n) is 6.11. The highest BCUT2D eigenvalue weighted by Crippen LogP contribution is 2.26. The summed E-state index contributed by atoms with van der Waals surface area (Å²) in [7, 11) is 0. The van der Waals surface area contributed by atoms with Gasteiger partial charge in [-0.25, -0.2) is 0 Å². The van der Waals surface area contributed by atoms with Gasteiger partial charge >= 0.3 is 0 Å². The minimum Gasteiger partial charge on any atom is -0.325 e. The Morgan fingerprint density at radius 3 is 2.81 bits per heavy atom. The molecule has 1 saturated heterocycles. The van der Waals surface area contributed by atoms with Crippen molar-refractivity contribution in [2.45, 2.75) is 38.5 Å². The molecule has 0 radical (unpaired) electrons. The maximum atomic E-state index is 5.87. The van der Waals surface area contributed by atoms with Gasteiger partial charge in [0.2, 0.25) is 0 Å². The van der Waals surface area contributed by atoms with Crippen molar-refractivity contribution in [3.05, 3.63) is 17.0 Å². The Kier molecular flexibility index (Phi) is 2.67. The average Bonchev–Trinajstić information content (AvgIpc) is 2.89. The summed E-state index contributed by atoms with van der Waals surface area (Å²) in [4.78, 5) is 0. The van der Waals surface area contributed by atoms with E-state index >= 15 is 0 Å². The molecule has 0 spiro atoms. The monoisotopic (exact) mass is 221 g/mol. The molecule has 0 aliphatic carbocycles. The van der Waals surface area contributed by atoms with Crippen LogP contribution in [0.15, 0.2) is 0 Å². The molecule has 4 N–H and O–H groups in total. The van der Waals surface area contributed by atoms with Gasteiger partial charge in [-0.2, -0.15) is 5.10 Å². The molecule has 0 amide bonds. The van der Waals surface area contributed by atoms with E-state index in [-0.39, 0.29) is 0 Å². The van der Waals surface area contributed by atoms with Crippen molar-refractivity contribution in [3.8, 4) is 0 Å². The zero-order chi connectivity index (χ0) is 11.0. The van der Waals surface area contributed by atoms with E-state index in [0.717, 1.165) is 26.2 Å². The lowest BCUT2D eigenvalue weighted by Gasteiger charge is -2.25. The lowest BCUT2D eigenvalue weighted by molar-refractivity contribution is 0.332. The van der Waals surface area contributed by atoms with Gasteiger partial charge in [0.05, 0.1) is 17.4 Å². The van der Waals surface area contributed by atoms with Crippen LogP contribution in [0.3, 0.4) is 0 Å². The summed E-state index contributed by atoms with van der Waals surface area (Å²) in [6.45, 7) is 4.63. The number of aromatic nitrogens is 2. The summed E-state index contributed by atoms with van der Waals surface area (Å²) in [5.41, 5.74) is 9.67. The fourth-order valence-electron chi connectivity index (χ4n) is 2.78. The zero-order valence-electron chi connectivity index (χ0n) is 9.50. The normalized spacial score (nSPS) is 21.3.